The quantitative estimate of drug-likeness (QED) is 0.915. The third-order valence-electron chi connectivity index (χ3n) is 3.13. The Morgan fingerprint density at radius 2 is 2.00 bits per heavy atom. The normalized spacial score (nSPS) is 16.4. The number of fused-ring (bicyclic) bond motifs is 1. The lowest BCUT2D eigenvalue weighted by Gasteiger charge is -2.12. The largest absolute Gasteiger partial charge is 0.480 e. The van der Waals surface area contributed by atoms with Gasteiger partial charge in [0.05, 0.1) is 5.69 Å². The summed E-state index contributed by atoms with van der Waals surface area (Å²) in [5.41, 5.74) is 0.738. The molecule has 1 aliphatic rings. The molecule has 0 aliphatic carbocycles. The molecule has 1 N–H and O–H groups in total. The fourth-order valence-electron chi connectivity index (χ4n) is 2.13. The van der Waals surface area contributed by atoms with Gasteiger partial charge < -0.3 is 10.1 Å². The third-order valence-corrected chi connectivity index (χ3v) is 3.13. The average Bonchev–Trinajstić information content (AvgIpc) is 2.87. The molecule has 0 saturated heterocycles. The smallest absolute Gasteiger partial charge is 0.265 e. The van der Waals surface area contributed by atoms with Gasteiger partial charge in [-0.3, -0.25) is 4.79 Å². The minimum absolute atomic E-state index is 0.186. The Kier molecular flexibility index (Phi) is 3.10. The SMILES string of the molecule is O=C(Nc1cc(F)ccc1F)C1Cc2ccccc2O1. The predicted octanol–water partition coefficient (Wildman–Crippen LogP) is 2.91. The van der Waals surface area contributed by atoms with Crippen LogP contribution in [0.3, 0.4) is 0 Å². The topological polar surface area (TPSA) is 38.3 Å². The Morgan fingerprint density at radius 3 is 2.80 bits per heavy atom. The number of benzene rings is 2. The highest BCUT2D eigenvalue weighted by atomic mass is 19.1. The molecule has 0 saturated carbocycles. The van der Waals surface area contributed by atoms with Gasteiger partial charge in [-0.2, -0.15) is 0 Å². The number of anilines is 1. The second kappa shape index (κ2) is 4.92. The molecule has 0 aromatic heterocycles. The molecule has 0 bridgehead atoms. The number of hydrogen-bond acceptors (Lipinski definition) is 2. The van der Waals surface area contributed by atoms with E-state index in [1.54, 1.807) is 6.07 Å². The molecule has 1 unspecified atom stereocenters. The van der Waals surface area contributed by atoms with Crippen molar-refractivity contribution in [2.75, 3.05) is 5.32 Å². The van der Waals surface area contributed by atoms with Crippen molar-refractivity contribution in [1.82, 2.24) is 0 Å². The first kappa shape index (κ1) is 12.6. The van der Waals surface area contributed by atoms with E-state index < -0.39 is 23.6 Å². The van der Waals surface area contributed by atoms with Crippen LogP contribution in [0.2, 0.25) is 0 Å². The van der Waals surface area contributed by atoms with E-state index in [1.165, 1.54) is 0 Å². The van der Waals surface area contributed by atoms with E-state index in [9.17, 15) is 13.6 Å². The minimum atomic E-state index is -0.727. The van der Waals surface area contributed by atoms with Crippen LogP contribution in [0.15, 0.2) is 42.5 Å². The molecule has 1 atom stereocenters. The molecule has 3 nitrogen and oxygen atoms in total. The van der Waals surface area contributed by atoms with Crippen molar-refractivity contribution in [3.05, 3.63) is 59.7 Å². The van der Waals surface area contributed by atoms with Crippen LogP contribution in [-0.2, 0) is 11.2 Å². The summed E-state index contributed by atoms with van der Waals surface area (Å²) in [7, 11) is 0. The Balaban J connectivity index is 1.74. The van der Waals surface area contributed by atoms with Gasteiger partial charge in [-0.05, 0) is 23.8 Å². The first-order chi connectivity index (χ1) is 9.63. The van der Waals surface area contributed by atoms with Crippen molar-refractivity contribution in [2.45, 2.75) is 12.5 Å². The van der Waals surface area contributed by atoms with Crippen LogP contribution >= 0.6 is 0 Å². The zero-order valence-electron chi connectivity index (χ0n) is 10.4. The highest BCUT2D eigenvalue weighted by molar-refractivity contribution is 5.95. The fraction of sp³-hybridized carbons (Fsp3) is 0.133. The zero-order valence-corrected chi connectivity index (χ0v) is 10.4. The molecule has 2 aromatic carbocycles. The summed E-state index contributed by atoms with van der Waals surface area (Å²) < 4.78 is 32.0. The first-order valence-corrected chi connectivity index (χ1v) is 6.14. The van der Waals surface area contributed by atoms with Crippen LogP contribution in [0.5, 0.6) is 5.75 Å². The lowest BCUT2D eigenvalue weighted by atomic mass is 10.1. The van der Waals surface area contributed by atoms with E-state index in [2.05, 4.69) is 5.32 Å². The van der Waals surface area contributed by atoms with Gasteiger partial charge in [0.25, 0.3) is 5.91 Å². The lowest BCUT2D eigenvalue weighted by Crippen LogP contribution is -2.31. The standard InChI is InChI=1S/C15H11F2NO2/c16-10-5-6-11(17)12(8-10)18-15(19)14-7-9-3-1-2-4-13(9)20-14/h1-6,8,14H,7H2,(H,18,19). The van der Waals surface area contributed by atoms with E-state index >= 15 is 0 Å². The summed E-state index contributed by atoms with van der Waals surface area (Å²) in [4.78, 5) is 12.0. The van der Waals surface area contributed by atoms with Crippen LogP contribution in [0, 0.1) is 11.6 Å². The number of carbonyl (C=O) groups excluding carboxylic acids is 1. The van der Waals surface area contributed by atoms with Gasteiger partial charge in [0, 0.05) is 12.5 Å². The summed E-state index contributed by atoms with van der Waals surface area (Å²) in [5.74, 6) is -1.15. The number of carbonyl (C=O) groups is 1. The molecule has 3 rings (SSSR count). The summed E-state index contributed by atoms with van der Waals surface area (Å²) in [6.07, 6.45) is -0.311. The Morgan fingerprint density at radius 1 is 1.20 bits per heavy atom. The molecular weight excluding hydrogens is 264 g/mol. The number of halogens is 2. The Labute approximate surface area is 114 Å². The van der Waals surface area contributed by atoms with Crippen molar-refractivity contribution in [1.29, 1.82) is 0 Å². The number of hydrogen-bond donors (Lipinski definition) is 1. The molecule has 20 heavy (non-hydrogen) atoms. The highest BCUT2D eigenvalue weighted by Crippen LogP contribution is 2.28. The van der Waals surface area contributed by atoms with Gasteiger partial charge in [-0.25, -0.2) is 8.78 Å². The van der Waals surface area contributed by atoms with Crippen LogP contribution in [0.1, 0.15) is 5.56 Å². The second-order valence-electron chi connectivity index (χ2n) is 4.53. The molecular formula is C15H11F2NO2. The van der Waals surface area contributed by atoms with Crippen molar-refractivity contribution in [3.8, 4) is 5.75 Å². The van der Waals surface area contributed by atoms with E-state index in [0.717, 1.165) is 23.8 Å². The molecule has 2 aromatic rings. The molecule has 102 valence electrons. The number of amides is 1. The number of nitrogens with one attached hydrogen (secondary N) is 1. The maximum absolute atomic E-state index is 13.5. The van der Waals surface area contributed by atoms with Crippen LogP contribution in [0.25, 0.3) is 0 Å². The molecule has 1 amide bonds. The van der Waals surface area contributed by atoms with Crippen molar-refractivity contribution < 1.29 is 18.3 Å². The van der Waals surface area contributed by atoms with Crippen molar-refractivity contribution in [3.63, 3.8) is 0 Å². The number of ether oxygens (including phenoxy) is 1. The van der Waals surface area contributed by atoms with Gasteiger partial charge in [0.15, 0.2) is 6.10 Å². The van der Waals surface area contributed by atoms with Gasteiger partial charge in [0.1, 0.15) is 17.4 Å². The number of para-hydroxylation sites is 1. The monoisotopic (exact) mass is 275 g/mol. The van der Waals surface area contributed by atoms with Crippen LogP contribution in [0.4, 0.5) is 14.5 Å². The van der Waals surface area contributed by atoms with Gasteiger partial charge in [0.2, 0.25) is 0 Å². The van der Waals surface area contributed by atoms with Gasteiger partial charge in [-0.1, -0.05) is 18.2 Å². The highest BCUT2D eigenvalue weighted by Gasteiger charge is 2.29. The minimum Gasteiger partial charge on any atom is -0.480 e. The van der Waals surface area contributed by atoms with Crippen molar-refractivity contribution >= 4 is 11.6 Å². The molecule has 1 aliphatic heterocycles. The average molecular weight is 275 g/mol. The van der Waals surface area contributed by atoms with E-state index in [0.29, 0.717) is 12.2 Å². The lowest BCUT2D eigenvalue weighted by molar-refractivity contribution is -0.122. The molecule has 0 spiro atoms. The maximum Gasteiger partial charge on any atom is 0.265 e. The Bertz CT molecular complexity index is 648. The van der Waals surface area contributed by atoms with Crippen LogP contribution < -0.4 is 10.1 Å². The van der Waals surface area contributed by atoms with E-state index in [4.69, 9.17) is 4.74 Å². The van der Waals surface area contributed by atoms with Crippen LogP contribution in [-0.4, -0.2) is 12.0 Å². The molecule has 5 heteroatoms. The molecule has 0 radical (unpaired) electrons. The summed E-state index contributed by atoms with van der Waals surface area (Å²) >= 11 is 0. The maximum atomic E-state index is 13.5. The first-order valence-electron chi connectivity index (χ1n) is 6.14. The zero-order chi connectivity index (χ0) is 14.1. The van der Waals surface area contributed by atoms with Crippen molar-refractivity contribution in [2.24, 2.45) is 0 Å². The van der Waals surface area contributed by atoms with E-state index in [-0.39, 0.29) is 5.69 Å². The second-order valence-corrected chi connectivity index (χ2v) is 4.53. The predicted molar refractivity (Wildman–Crippen MR) is 69.5 cm³/mol. The molecule has 0 fully saturated rings. The summed E-state index contributed by atoms with van der Waals surface area (Å²) in [6, 6.07) is 10.2. The molecule has 1 heterocycles. The fourth-order valence-corrected chi connectivity index (χ4v) is 2.13. The van der Waals surface area contributed by atoms with Gasteiger partial charge >= 0.3 is 0 Å². The van der Waals surface area contributed by atoms with E-state index in [1.807, 2.05) is 18.2 Å². The summed E-state index contributed by atoms with van der Waals surface area (Å²) in [6.45, 7) is 0. The van der Waals surface area contributed by atoms with Gasteiger partial charge in [-0.15, -0.1) is 0 Å². The third kappa shape index (κ3) is 2.34. The number of rotatable bonds is 2. The Hall–Kier alpha value is -2.43. The summed E-state index contributed by atoms with van der Waals surface area (Å²) in [5, 5.41) is 2.35.